The molecule has 1 saturated heterocycles. The summed E-state index contributed by atoms with van der Waals surface area (Å²) in [5.74, 6) is 0.666. The summed E-state index contributed by atoms with van der Waals surface area (Å²) in [5.41, 5.74) is 7.15. The van der Waals surface area contributed by atoms with Crippen molar-refractivity contribution in [3.63, 3.8) is 0 Å². The van der Waals surface area contributed by atoms with Gasteiger partial charge in [0.25, 0.3) is 5.91 Å². The number of hydrogen-bond donors (Lipinski definition) is 1. The number of amides is 1. The zero-order chi connectivity index (χ0) is 21.5. The van der Waals surface area contributed by atoms with Crippen molar-refractivity contribution in [2.45, 2.75) is 45.4 Å². The molecule has 0 unspecified atom stereocenters. The van der Waals surface area contributed by atoms with Crippen LogP contribution in [-0.4, -0.2) is 46.3 Å². The summed E-state index contributed by atoms with van der Waals surface area (Å²) >= 11 is 0. The van der Waals surface area contributed by atoms with E-state index in [1.54, 1.807) is 6.26 Å². The molecule has 0 radical (unpaired) electrons. The lowest BCUT2D eigenvalue weighted by Crippen LogP contribution is -2.49. The van der Waals surface area contributed by atoms with Crippen molar-refractivity contribution in [3.05, 3.63) is 76.4 Å². The summed E-state index contributed by atoms with van der Waals surface area (Å²) in [6.45, 7) is 5.36. The van der Waals surface area contributed by atoms with Crippen LogP contribution in [0, 0.1) is 13.8 Å². The molecular formula is C25H26N2O4. The highest BCUT2D eigenvalue weighted by Crippen LogP contribution is 2.31. The molecule has 0 spiro atoms. The van der Waals surface area contributed by atoms with Crippen LogP contribution in [-0.2, 0) is 17.7 Å². The van der Waals surface area contributed by atoms with Crippen LogP contribution >= 0.6 is 0 Å². The van der Waals surface area contributed by atoms with Crippen LogP contribution in [0.1, 0.15) is 44.9 Å². The van der Waals surface area contributed by atoms with Gasteiger partial charge in [-0.25, -0.2) is 4.98 Å². The minimum absolute atomic E-state index is 0.0129. The molecule has 1 aromatic heterocycles. The molecule has 0 bridgehead atoms. The van der Waals surface area contributed by atoms with Crippen molar-refractivity contribution in [2.24, 2.45) is 0 Å². The first kappa shape index (κ1) is 20.0. The Balaban J connectivity index is 1.36. The number of hydrogen-bond acceptors (Lipinski definition) is 5. The number of carbonyl (C=O) groups excluding carboxylic acids is 1. The van der Waals surface area contributed by atoms with Crippen molar-refractivity contribution in [1.29, 1.82) is 0 Å². The van der Waals surface area contributed by atoms with Gasteiger partial charge in [-0.1, -0.05) is 30.3 Å². The van der Waals surface area contributed by atoms with Crippen LogP contribution in [0.15, 0.2) is 47.1 Å². The van der Waals surface area contributed by atoms with Crippen LogP contribution in [0.3, 0.4) is 0 Å². The average molecular weight is 418 g/mol. The molecule has 6 nitrogen and oxygen atoms in total. The van der Waals surface area contributed by atoms with E-state index in [0.29, 0.717) is 32.1 Å². The summed E-state index contributed by atoms with van der Waals surface area (Å²) in [6.07, 6.45) is 2.47. The van der Waals surface area contributed by atoms with Crippen LogP contribution < -0.4 is 0 Å². The number of oxazole rings is 1. The molecule has 6 heteroatoms. The van der Waals surface area contributed by atoms with Gasteiger partial charge in [0.2, 0.25) is 0 Å². The third-order valence-corrected chi connectivity index (χ3v) is 6.35. The van der Waals surface area contributed by atoms with E-state index in [1.165, 1.54) is 11.1 Å². The fourth-order valence-corrected chi connectivity index (χ4v) is 4.60. The van der Waals surface area contributed by atoms with E-state index in [-0.39, 0.29) is 11.9 Å². The van der Waals surface area contributed by atoms with Crippen LogP contribution in [0.4, 0.5) is 0 Å². The molecule has 3 aromatic rings. The molecule has 1 amide bonds. The van der Waals surface area contributed by atoms with Gasteiger partial charge in [0.05, 0.1) is 18.8 Å². The number of carbonyl (C=O) groups is 1. The number of ether oxygens (including phenoxy) is 1. The summed E-state index contributed by atoms with van der Waals surface area (Å²) in [7, 11) is 0. The summed E-state index contributed by atoms with van der Waals surface area (Å²) < 4.78 is 10.6. The molecule has 2 aromatic carbocycles. The van der Waals surface area contributed by atoms with E-state index < -0.39 is 6.10 Å². The van der Waals surface area contributed by atoms with Crippen molar-refractivity contribution < 1.29 is 19.1 Å². The number of aliphatic hydroxyl groups excluding tert-OH is 1. The van der Waals surface area contributed by atoms with Crippen molar-refractivity contribution in [1.82, 2.24) is 9.88 Å². The molecule has 1 fully saturated rings. The second-order valence-electron chi connectivity index (χ2n) is 8.49. The van der Waals surface area contributed by atoms with E-state index in [1.807, 2.05) is 17.9 Å². The van der Waals surface area contributed by atoms with E-state index >= 15 is 0 Å². The molecule has 0 aliphatic carbocycles. The number of aliphatic hydroxyl groups is 1. The predicted octanol–water partition coefficient (Wildman–Crippen LogP) is 3.65. The monoisotopic (exact) mass is 418 g/mol. The number of aryl methyl sites for hydroxylation is 2. The highest BCUT2D eigenvalue weighted by molar-refractivity contribution is 5.99. The van der Waals surface area contributed by atoms with Gasteiger partial charge in [-0.2, -0.15) is 0 Å². The maximum Gasteiger partial charge on any atom is 0.254 e. The van der Waals surface area contributed by atoms with E-state index in [4.69, 9.17) is 9.15 Å². The Labute approximate surface area is 181 Å². The molecule has 1 N–H and O–H groups in total. The zero-order valence-corrected chi connectivity index (χ0v) is 17.8. The maximum absolute atomic E-state index is 13.1. The number of benzene rings is 2. The van der Waals surface area contributed by atoms with E-state index in [0.717, 1.165) is 34.4 Å². The molecule has 2 aliphatic rings. The predicted molar refractivity (Wildman–Crippen MR) is 116 cm³/mol. The van der Waals surface area contributed by atoms with Crippen molar-refractivity contribution in [3.8, 4) is 11.3 Å². The zero-order valence-electron chi connectivity index (χ0n) is 17.8. The number of nitrogens with zero attached hydrogens (tertiary/aromatic N) is 2. The first-order chi connectivity index (χ1) is 15.0. The largest absolute Gasteiger partial charge is 0.449 e. The van der Waals surface area contributed by atoms with Crippen molar-refractivity contribution >= 4 is 5.91 Å². The third-order valence-electron chi connectivity index (χ3n) is 6.35. The lowest BCUT2D eigenvalue weighted by atomic mass is 9.95. The molecule has 2 atom stereocenters. The van der Waals surface area contributed by atoms with Gasteiger partial charge in [-0.15, -0.1) is 0 Å². The molecule has 2 aliphatic heterocycles. The number of rotatable bonds is 4. The Morgan fingerprint density at radius 1 is 1.19 bits per heavy atom. The first-order valence-electron chi connectivity index (χ1n) is 10.7. The molecule has 0 saturated carbocycles. The smallest absolute Gasteiger partial charge is 0.254 e. The normalized spacial score (nSPS) is 20.9. The highest BCUT2D eigenvalue weighted by atomic mass is 16.5. The summed E-state index contributed by atoms with van der Waals surface area (Å²) in [4.78, 5) is 19.3. The topological polar surface area (TPSA) is 75.8 Å². The van der Waals surface area contributed by atoms with Gasteiger partial charge < -0.3 is 19.2 Å². The van der Waals surface area contributed by atoms with Gasteiger partial charge in [0.1, 0.15) is 12.0 Å². The fraction of sp³-hybridized carbons (Fsp3) is 0.360. The highest BCUT2D eigenvalue weighted by Gasteiger charge is 2.37. The molecule has 31 heavy (non-hydrogen) atoms. The lowest BCUT2D eigenvalue weighted by molar-refractivity contribution is -0.0572. The molecular weight excluding hydrogens is 392 g/mol. The van der Waals surface area contributed by atoms with Crippen LogP contribution in [0.5, 0.6) is 0 Å². The lowest BCUT2D eigenvalue weighted by Gasteiger charge is -2.34. The average Bonchev–Trinajstić information content (AvgIpc) is 3.33. The Morgan fingerprint density at radius 3 is 2.71 bits per heavy atom. The maximum atomic E-state index is 13.1. The van der Waals surface area contributed by atoms with Crippen molar-refractivity contribution in [2.75, 3.05) is 13.2 Å². The summed E-state index contributed by atoms with van der Waals surface area (Å²) in [5, 5.41) is 10.3. The first-order valence-corrected chi connectivity index (χ1v) is 10.7. The van der Waals surface area contributed by atoms with E-state index in [2.05, 4.69) is 42.2 Å². The summed E-state index contributed by atoms with van der Waals surface area (Å²) in [6, 6.07) is 12.3. The second-order valence-corrected chi connectivity index (χ2v) is 8.49. The molecule has 3 heterocycles. The Morgan fingerprint density at radius 2 is 2.00 bits per heavy atom. The molecule has 5 rings (SSSR count). The van der Waals surface area contributed by atoms with Gasteiger partial charge in [0.15, 0.2) is 5.89 Å². The fourth-order valence-electron chi connectivity index (χ4n) is 4.60. The second kappa shape index (κ2) is 7.94. The minimum atomic E-state index is -0.625. The quantitative estimate of drug-likeness (QED) is 0.700. The third kappa shape index (κ3) is 3.77. The number of fused-ring (bicyclic) bond motifs is 1. The Kier molecular flexibility index (Phi) is 5.12. The number of aromatic nitrogens is 1. The Hall–Kier alpha value is -2.96. The van der Waals surface area contributed by atoms with Gasteiger partial charge in [-0.3, -0.25) is 4.79 Å². The van der Waals surface area contributed by atoms with Gasteiger partial charge in [0, 0.05) is 31.2 Å². The Bertz CT molecular complexity index is 1120. The SMILES string of the molecule is Cc1nc(-c2ccc(Cc3cc4c(cc3C)CN([C@H]3CCOC[C@@H]3O)C4=O)cc2)co1. The molecule has 160 valence electrons. The minimum Gasteiger partial charge on any atom is -0.449 e. The van der Waals surface area contributed by atoms with Crippen LogP contribution in [0.2, 0.25) is 0 Å². The van der Waals surface area contributed by atoms with Gasteiger partial charge >= 0.3 is 0 Å². The van der Waals surface area contributed by atoms with E-state index in [9.17, 15) is 9.90 Å². The standard InChI is InChI=1S/C25H26N2O4/c1-15-9-20-12-27(23-7-8-30-14-24(23)28)25(29)21(20)11-19(15)10-17-3-5-18(6-4-17)22-13-31-16(2)26-22/h3-6,9,11,13,23-24,28H,7-8,10,12,14H2,1-2H3/t23-,24-/m0/s1. The van der Waals surface area contributed by atoms with Crippen LogP contribution in [0.25, 0.3) is 11.3 Å². The van der Waals surface area contributed by atoms with Gasteiger partial charge in [-0.05, 0) is 48.1 Å².